The van der Waals surface area contributed by atoms with E-state index in [2.05, 4.69) is 15.4 Å². The molecule has 3 rings (SSSR count). The highest BCUT2D eigenvalue weighted by molar-refractivity contribution is 7.17. The minimum atomic E-state index is -0.174. The predicted molar refractivity (Wildman–Crippen MR) is 97.9 cm³/mol. The number of nitrogens with zero attached hydrogens (tertiary/aromatic N) is 3. The van der Waals surface area contributed by atoms with Crippen LogP contribution in [-0.4, -0.2) is 20.7 Å². The number of amides is 1. The van der Waals surface area contributed by atoms with Crippen LogP contribution < -0.4 is 5.32 Å². The van der Waals surface area contributed by atoms with Gasteiger partial charge in [0.2, 0.25) is 0 Å². The zero-order valence-electron chi connectivity index (χ0n) is 13.6. The van der Waals surface area contributed by atoms with E-state index in [-0.39, 0.29) is 11.9 Å². The van der Waals surface area contributed by atoms with Gasteiger partial charge in [-0.15, -0.1) is 11.3 Å². The van der Waals surface area contributed by atoms with E-state index in [0.717, 1.165) is 10.6 Å². The number of thiazole rings is 1. The first-order valence-electron chi connectivity index (χ1n) is 7.54. The molecular weight excluding hydrogens is 344 g/mol. The highest BCUT2D eigenvalue weighted by Gasteiger charge is 2.18. The lowest BCUT2D eigenvalue weighted by atomic mass is 10.2. The molecule has 0 spiro atoms. The van der Waals surface area contributed by atoms with Crippen molar-refractivity contribution in [3.63, 3.8) is 0 Å². The van der Waals surface area contributed by atoms with Gasteiger partial charge in [0, 0.05) is 22.7 Å². The van der Waals surface area contributed by atoms with Crippen molar-refractivity contribution in [2.75, 3.05) is 5.32 Å². The van der Waals surface area contributed by atoms with E-state index in [1.807, 2.05) is 45.0 Å². The zero-order chi connectivity index (χ0) is 17.3. The highest BCUT2D eigenvalue weighted by Crippen LogP contribution is 2.29. The van der Waals surface area contributed by atoms with Gasteiger partial charge < -0.3 is 5.32 Å². The maximum Gasteiger partial charge on any atom is 0.268 e. The predicted octanol–water partition coefficient (Wildman–Crippen LogP) is 4.80. The number of carbonyl (C=O) groups is 1. The number of benzene rings is 1. The van der Waals surface area contributed by atoms with Crippen LogP contribution in [0.5, 0.6) is 0 Å². The van der Waals surface area contributed by atoms with Crippen LogP contribution in [0, 0.1) is 6.92 Å². The summed E-state index contributed by atoms with van der Waals surface area (Å²) in [5, 5.41) is 8.61. The monoisotopic (exact) mass is 360 g/mol. The molecule has 0 atom stereocenters. The molecule has 0 saturated carbocycles. The van der Waals surface area contributed by atoms with Gasteiger partial charge in [-0.05, 0) is 32.9 Å². The van der Waals surface area contributed by atoms with Gasteiger partial charge in [-0.25, -0.2) is 9.67 Å². The molecule has 5 nitrogen and oxygen atoms in total. The van der Waals surface area contributed by atoms with E-state index in [4.69, 9.17) is 11.6 Å². The molecule has 0 fully saturated rings. The first-order valence-corrected chi connectivity index (χ1v) is 8.73. The SMILES string of the molecule is Cc1nc(-c2ccc(Cl)cc2)sc1C(=O)Nc1ccnn1C(C)C. The van der Waals surface area contributed by atoms with Gasteiger partial charge in [-0.1, -0.05) is 23.7 Å². The topological polar surface area (TPSA) is 59.8 Å². The maximum absolute atomic E-state index is 12.6. The number of hydrogen-bond acceptors (Lipinski definition) is 4. The molecule has 0 bridgehead atoms. The van der Waals surface area contributed by atoms with E-state index >= 15 is 0 Å². The van der Waals surface area contributed by atoms with Crippen molar-refractivity contribution in [2.45, 2.75) is 26.8 Å². The fourth-order valence-electron chi connectivity index (χ4n) is 2.32. The Morgan fingerprint density at radius 3 is 2.62 bits per heavy atom. The molecule has 0 aliphatic heterocycles. The van der Waals surface area contributed by atoms with Crippen LogP contribution in [0.3, 0.4) is 0 Å². The Kier molecular flexibility index (Phi) is 4.69. The van der Waals surface area contributed by atoms with Crippen LogP contribution in [0.4, 0.5) is 5.82 Å². The van der Waals surface area contributed by atoms with Crippen molar-refractivity contribution in [3.05, 3.63) is 52.1 Å². The summed E-state index contributed by atoms with van der Waals surface area (Å²) in [4.78, 5) is 17.7. The minimum absolute atomic E-state index is 0.169. The second-order valence-electron chi connectivity index (χ2n) is 5.65. The van der Waals surface area contributed by atoms with E-state index < -0.39 is 0 Å². The zero-order valence-corrected chi connectivity index (χ0v) is 15.1. The van der Waals surface area contributed by atoms with Crippen molar-refractivity contribution in [3.8, 4) is 10.6 Å². The molecular formula is C17H17ClN4OS. The number of carbonyl (C=O) groups excluding carboxylic acids is 1. The molecule has 3 aromatic rings. The van der Waals surface area contributed by atoms with Crippen molar-refractivity contribution < 1.29 is 4.79 Å². The summed E-state index contributed by atoms with van der Waals surface area (Å²) in [6.07, 6.45) is 1.67. The summed E-state index contributed by atoms with van der Waals surface area (Å²) in [5.74, 6) is 0.503. The molecule has 0 saturated heterocycles. The summed E-state index contributed by atoms with van der Waals surface area (Å²) in [5.41, 5.74) is 1.65. The third kappa shape index (κ3) is 3.34. The number of anilines is 1. The summed E-state index contributed by atoms with van der Waals surface area (Å²) < 4.78 is 1.77. The van der Waals surface area contributed by atoms with Gasteiger partial charge in [0.05, 0.1) is 11.9 Å². The molecule has 1 aromatic carbocycles. The Bertz CT molecular complexity index is 867. The molecule has 0 aliphatic rings. The number of nitrogens with one attached hydrogen (secondary N) is 1. The van der Waals surface area contributed by atoms with Crippen molar-refractivity contribution in [1.29, 1.82) is 0 Å². The van der Waals surface area contributed by atoms with Crippen molar-refractivity contribution >= 4 is 34.7 Å². The van der Waals surface area contributed by atoms with Crippen molar-refractivity contribution in [1.82, 2.24) is 14.8 Å². The summed E-state index contributed by atoms with van der Waals surface area (Å²) >= 11 is 7.28. The van der Waals surface area contributed by atoms with Crippen LogP contribution in [0.2, 0.25) is 5.02 Å². The van der Waals surface area contributed by atoms with E-state index in [1.54, 1.807) is 16.9 Å². The van der Waals surface area contributed by atoms with Crippen LogP contribution in [-0.2, 0) is 0 Å². The average molecular weight is 361 g/mol. The number of aryl methyl sites for hydroxylation is 1. The fourth-order valence-corrected chi connectivity index (χ4v) is 3.41. The molecule has 2 aromatic heterocycles. The standard InChI is InChI=1S/C17H17ClN4OS/c1-10(2)22-14(8-9-19-22)21-16(23)15-11(3)20-17(24-15)12-4-6-13(18)7-5-12/h4-10H,1-3H3,(H,21,23). The summed E-state index contributed by atoms with van der Waals surface area (Å²) in [6, 6.07) is 9.38. The van der Waals surface area contributed by atoms with Crippen LogP contribution in [0.15, 0.2) is 36.5 Å². The quantitative estimate of drug-likeness (QED) is 0.726. The molecule has 0 unspecified atom stereocenters. The van der Waals surface area contributed by atoms with E-state index in [0.29, 0.717) is 21.4 Å². The van der Waals surface area contributed by atoms with E-state index in [9.17, 15) is 4.79 Å². The second kappa shape index (κ2) is 6.75. The van der Waals surface area contributed by atoms with E-state index in [1.165, 1.54) is 11.3 Å². The van der Waals surface area contributed by atoms with Gasteiger partial charge in [0.25, 0.3) is 5.91 Å². The first kappa shape index (κ1) is 16.7. The van der Waals surface area contributed by atoms with Gasteiger partial charge in [-0.3, -0.25) is 4.79 Å². The number of halogens is 1. The Balaban J connectivity index is 1.85. The molecule has 2 heterocycles. The minimum Gasteiger partial charge on any atom is -0.306 e. The Morgan fingerprint density at radius 1 is 1.25 bits per heavy atom. The molecule has 7 heteroatoms. The molecule has 124 valence electrons. The largest absolute Gasteiger partial charge is 0.306 e. The van der Waals surface area contributed by atoms with Gasteiger partial charge >= 0.3 is 0 Å². The molecule has 1 N–H and O–H groups in total. The Hall–Kier alpha value is -2.18. The van der Waals surface area contributed by atoms with Gasteiger partial charge in [-0.2, -0.15) is 5.10 Å². The third-order valence-electron chi connectivity index (χ3n) is 3.50. The normalized spacial score (nSPS) is 11.0. The number of aromatic nitrogens is 3. The third-order valence-corrected chi connectivity index (χ3v) is 4.95. The Labute approximate surface area is 149 Å². The average Bonchev–Trinajstić information content (AvgIpc) is 3.14. The van der Waals surface area contributed by atoms with Gasteiger partial charge in [0.15, 0.2) is 0 Å². The smallest absolute Gasteiger partial charge is 0.268 e. The summed E-state index contributed by atoms with van der Waals surface area (Å²) in [6.45, 7) is 5.86. The second-order valence-corrected chi connectivity index (χ2v) is 7.08. The lowest BCUT2D eigenvalue weighted by Crippen LogP contribution is -2.16. The van der Waals surface area contributed by atoms with Crippen LogP contribution >= 0.6 is 22.9 Å². The molecule has 1 amide bonds. The first-order chi connectivity index (χ1) is 11.5. The molecule has 0 radical (unpaired) electrons. The highest BCUT2D eigenvalue weighted by atomic mass is 35.5. The van der Waals surface area contributed by atoms with Crippen LogP contribution in [0.1, 0.15) is 35.3 Å². The summed E-state index contributed by atoms with van der Waals surface area (Å²) in [7, 11) is 0. The number of rotatable bonds is 4. The van der Waals surface area contributed by atoms with Gasteiger partial charge in [0.1, 0.15) is 15.7 Å². The molecule has 24 heavy (non-hydrogen) atoms. The Morgan fingerprint density at radius 2 is 1.96 bits per heavy atom. The van der Waals surface area contributed by atoms with Crippen LogP contribution in [0.25, 0.3) is 10.6 Å². The lowest BCUT2D eigenvalue weighted by Gasteiger charge is -2.11. The number of hydrogen-bond donors (Lipinski definition) is 1. The maximum atomic E-state index is 12.6. The fraction of sp³-hybridized carbons (Fsp3) is 0.235. The molecule has 0 aliphatic carbocycles. The lowest BCUT2D eigenvalue weighted by molar-refractivity contribution is 0.102. The van der Waals surface area contributed by atoms with Crippen molar-refractivity contribution in [2.24, 2.45) is 0 Å².